The third-order valence-corrected chi connectivity index (χ3v) is 2.20. The molecular formula is C9H13BrN2. The molecule has 0 aliphatic rings. The number of halogens is 1. The third-order valence-electron chi connectivity index (χ3n) is 1.77. The Kier molecular flexibility index (Phi) is 3.69. The largest absolute Gasteiger partial charge is 0.330 e. The summed E-state index contributed by atoms with van der Waals surface area (Å²) in [4.78, 5) is 4.31. The highest BCUT2D eigenvalue weighted by Crippen LogP contribution is 2.13. The van der Waals surface area contributed by atoms with Crippen molar-refractivity contribution in [1.82, 2.24) is 4.98 Å². The Hall–Kier alpha value is -0.410. The second-order valence-corrected chi connectivity index (χ2v) is 3.73. The number of nitrogens with zero attached hydrogens (tertiary/aromatic N) is 1. The van der Waals surface area contributed by atoms with E-state index in [0.29, 0.717) is 0 Å². The highest BCUT2D eigenvalue weighted by molar-refractivity contribution is 9.10. The van der Waals surface area contributed by atoms with E-state index in [1.165, 1.54) is 5.56 Å². The summed E-state index contributed by atoms with van der Waals surface area (Å²) in [6, 6.07) is 2.08. The fourth-order valence-electron chi connectivity index (χ4n) is 1.10. The predicted octanol–water partition coefficient (Wildman–Crippen LogP) is 2.04. The Morgan fingerprint density at radius 1 is 1.58 bits per heavy atom. The van der Waals surface area contributed by atoms with Crippen LogP contribution in [0.15, 0.2) is 16.7 Å². The summed E-state index contributed by atoms with van der Waals surface area (Å²) in [5.41, 5.74) is 7.81. The van der Waals surface area contributed by atoms with Crippen LogP contribution >= 0.6 is 15.9 Å². The Labute approximate surface area is 81.3 Å². The first-order valence-corrected chi connectivity index (χ1v) is 4.84. The lowest BCUT2D eigenvalue weighted by atomic mass is 10.1. The SMILES string of the molecule is Cc1cc(Br)cnc1CCCN. The van der Waals surface area contributed by atoms with Crippen molar-refractivity contribution in [3.63, 3.8) is 0 Å². The monoisotopic (exact) mass is 228 g/mol. The first-order valence-electron chi connectivity index (χ1n) is 4.05. The lowest BCUT2D eigenvalue weighted by Crippen LogP contribution is -2.02. The molecule has 0 spiro atoms. The summed E-state index contributed by atoms with van der Waals surface area (Å²) < 4.78 is 1.04. The maximum Gasteiger partial charge on any atom is 0.0434 e. The van der Waals surface area contributed by atoms with Gasteiger partial charge in [0.15, 0.2) is 0 Å². The fraction of sp³-hybridized carbons (Fsp3) is 0.444. The average Bonchev–Trinajstić information content (AvgIpc) is 2.03. The van der Waals surface area contributed by atoms with Crippen molar-refractivity contribution in [1.29, 1.82) is 0 Å². The van der Waals surface area contributed by atoms with Gasteiger partial charge in [0.05, 0.1) is 0 Å². The summed E-state index contributed by atoms with van der Waals surface area (Å²) in [6.45, 7) is 2.81. The predicted molar refractivity (Wildman–Crippen MR) is 54.0 cm³/mol. The summed E-state index contributed by atoms with van der Waals surface area (Å²) in [5, 5.41) is 0. The zero-order valence-corrected chi connectivity index (χ0v) is 8.76. The summed E-state index contributed by atoms with van der Waals surface area (Å²) in [6.07, 6.45) is 3.82. The molecule has 1 aromatic rings. The molecule has 66 valence electrons. The van der Waals surface area contributed by atoms with Crippen molar-refractivity contribution >= 4 is 15.9 Å². The summed E-state index contributed by atoms with van der Waals surface area (Å²) in [7, 11) is 0. The molecule has 0 atom stereocenters. The van der Waals surface area contributed by atoms with E-state index in [2.05, 4.69) is 33.9 Å². The first kappa shape index (κ1) is 9.68. The van der Waals surface area contributed by atoms with Crippen molar-refractivity contribution in [2.75, 3.05) is 6.54 Å². The minimum absolute atomic E-state index is 0.733. The van der Waals surface area contributed by atoms with Crippen LogP contribution in [-0.2, 0) is 6.42 Å². The molecule has 3 heteroatoms. The van der Waals surface area contributed by atoms with E-state index in [-0.39, 0.29) is 0 Å². The van der Waals surface area contributed by atoms with E-state index in [9.17, 15) is 0 Å². The van der Waals surface area contributed by atoms with E-state index >= 15 is 0 Å². The van der Waals surface area contributed by atoms with Crippen LogP contribution in [-0.4, -0.2) is 11.5 Å². The number of aryl methyl sites for hydroxylation is 2. The van der Waals surface area contributed by atoms with Crippen LogP contribution in [0.5, 0.6) is 0 Å². The van der Waals surface area contributed by atoms with Gasteiger partial charge < -0.3 is 5.73 Å². The normalized spacial score (nSPS) is 10.2. The minimum atomic E-state index is 0.733. The van der Waals surface area contributed by atoms with Gasteiger partial charge in [-0.2, -0.15) is 0 Å². The van der Waals surface area contributed by atoms with Crippen molar-refractivity contribution in [3.8, 4) is 0 Å². The molecule has 0 amide bonds. The van der Waals surface area contributed by atoms with Crippen molar-refractivity contribution in [3.05, 3.63) is 28.0 Å². The number of aromatic nitrogens is 1. The van der Waals surface area contributed by atoms with Gasteiger partial charge in [0.25, 0.3) is 0 Å². The van der Waals surface area contributed by atoms with E-state index in [1.54, 1.807) is 0 Å². The van der Waals surface area contributed by atoms with Gasteiger partial charge in [0, 0.05) is 16.4 Å². The zero-order chi connectivity index (χ0) is 8.97. The highest BCUT2D eigenvalue weighted by atomic mass is 79.9. The van der Waals surface area contributed by atoms with Crippen LogP contribution in [0.1, 0.15) is 17.7 Å². The van der Waals surface area contributed by atoms with Crippen LogP contribution in [0.2, 0.25) is 0 Å². The second kappa shape index (κ2) is 4.58. The minimum Gasteiger partial charge on any atom is -0.330 e. The van der Waals surface area contributed by atoms with Crippen molar-refractivity contribution in [2.45, 2.75) is 19.8 Å². The molecule has 0 bridgehead atoms. The molecule has 12 heavy (non-hydrogen) atoms. The van der Waals surface area contributed by atoms with Gasteiger partial charge in [0.1, 0.15) is 0 Å². The molecule has 0 unspecified atom stereocenters. The molecule has 0 radical (unpaired) electrons. The fourth-order valence-corrected chi connectivity index (χ4v) is 1.55. The number of rotatable bonds is 3. The number of pyridine rings is 1. The van der Waals surface area contributed by atoms with E-state index < -0.39 is 0 Å². The van der Waals surface area contributed by atoms with Crippen LogP contribution in [0, 0.1) is 6.92 Å². The summed E-state index contributed by atoms with van der Waals surface area (Å²) >= 11 is 3.38. The number of hydrogen-bond donors (Lipinski definition) is 1. The molecule has 0 saturated heterocycles. The zero-order valence-electron chi connectivity index (χ0n) is 7.18. The molecule has 0 aliphatic carbocycles. The Balaban J connectivity index is 2.72. The van der Waals surface area contributed by atoms with Crippen LogP contribution in [0.25, 0.3) is 0 Å². The molecule has 1 rings (SSSR count). The van der Waals surface area contributed by atoms with Gasteiger partial charge in [-0.25, -0.2) is 0 Å². The molecule has 0 aromatic carbocycles. The molecule has 2 nitrogen and oxygen atoms in total. The maximum atomic E-state index is 5.42. The molecule has 1 heterocycles. The molecule has 2 N–H and O–H groups in total. The lowest BCUT2D eigenvalue weighted by molar-refractivity contribution is 0.803. The second-order valence-electron chi connectivity index (χ2n) is 2.81. The van der Waals surface area contributed by atoms with Crippen molar-refractivity contribution < 1.29 is 0 Å². The van der Waals surface area contributed by atoms with Crippen LogP contribution < -0.4 is 5.73 Å². The van der Waals surface area contributed by atoms with E-state index in [4.69, 9.17) is 5.73 Å². The van der Waals surface area contributed by atoms with Gasteiger partial charge in [-0.1, -0.05) is 0 Å². The molecule has 0 saturated carbocycles. The highest BCUT2D eigenvalue weighted by Gasteiger charge is 1.99. The third kappa shape index (κ3) is 2.57. The Morgan fingerprint density at radius 3 is 2.92 bits per heavy atom. The first-order chi connectivity index (χ1) is 5.74. The number of nitrogens with two attached hydrogens (primary N) is 1. The van der Waals surface area contributed by atoms with Crippen LogP contribution in [0.3, 0.4) is 0 Å². The average molecular weight is 229 g/mol. The van der Waals surface area contributed by atoms with Gasteiger partial charge in [0.2, 0.25) is 0 Å². The molecule has 0 aliphatic heterocycles. The topological polar surface area (TPSA) is 38.9 Å². The Morgan fingerprint density at radius 2 is 2.33 bits per heavy atom. The quantitative estimate of drug-likeness (QED) is 0.861. The van der Waals surface area contributed by atoms with E-state index in [1.807, 2.05) is 6.20 Å². The standard InChI is InChI=1S/C9H13BrN2/c1-7-5-8(10)6-12-9(7)3-2-4-11/h5-6H,2-4,11H2,1H3. The van der Waals surface area contributed by atoms with Gasteiger partial charge in [-0.3, -0.25) is 4.98 Å². The lowest BCUT2D eigenvalue weighted by Gasteiger charge is -2.03. The maximum absolute atomic E-state index is 5.42. The number of hydrogen-bond acceptors (Lipinski definition) is 2. The molecule has 1 aromatic heterocycles. The molecular weight excluding hydrogens is 216 g/mol. The summed E-state index contributed by atoms with van der Waals surface area (Å²) in [5.74, 6) is 0. The van der Waals surface area contributed by atoms with Gasteiger partial charge in [-0.15, -0.1) is 0 Å². The Bertz CT molecular complexity index is 261. The van der Waals surface area contributed by atoms with Gasteiger partial charge in [-0.05, 0) is 53.9 Å². The van der Waals surface area contributed by atoms with Gasteiger partial charge >= 0.3 is 0 Å². The van der Waals surface area contributed by atoms with Crippen molar-refractivity contribution in [2.24, 2.45) is 5.73 Å². The van der Waals surface area contributed by atoms with Crippen LogP contribution in [0.4, 0.5) is 0 Å². The molecule has 0 fully saturated rings. The van der Waals surface area contributed by atoms with E-state index in [0.717, 1.165) is 29.6 Å². The smallest absolute Gasteiger partial charge is 0.0434 e.